The molecule has 0 aliphatic carbocycles. The van der Waals surface area contributed by atoms with E-state index in [1.54, 1.807) is 36.4 Å². The first-order valence-electron chi connectivity index (χ1n) is 8.44. The Morgan fingerprint density at radius 2 is 1.86 bits per heavy atom. The summed E-state index contributed by atoms with van der Waals surface area (Å²) in [5.74, 6) is -0.435. The summed E-state index contributed by atoms with van der Waals surface area (Å²) in [4.78, 5) is 12.0. The molecule has 0 aliphatic rings. The van der Waals surface area contributed by atoms with Crippen molar-refractivity contribution in [3.05, 3.63) is 87.4 Å². The normalized spacial score (nSPS) is 10.8. The highest BCUT2D eigenvalue weighted by atomic mass is 35.5. The molecule has 1 amide bonds. The second kappa shape index (κ2) is 9.32. The van der Waals surface area contributed by atoms with Crippen molar-refractivity contribution in [1.82, 2.24) is 5.43 Å². The number of hydrogen-bond donors (Lipinski definition) is 3. The van der Waals surface area contributed by atoms with Crippen LogP contribution in [0.5, 0.6) is 17.2 Å². The maximum Gasteiger partial charge on any atom is 0.275 e. The molecule has 0 heterocycles. The number of ether oxygens (including phenoxy) is 1. The van der Waals surface area contributed by atoms with Gasteiger partial charge in [-0.15, -0.1) is 0 Å². The van der Waals surface area contributed by atoms with Crippen LogP contribution in [0.15, 0.2) is 65.8 Å². The molecule has 0 saturated heterocycles. The summed E-state index contributed by atoms with van der Waals surface area (Å²) in [7, 11) is 0. The number of nitrogens with one attached hydrogen (secondary N) is 1. The maximum absolute atomic E-state index is 12.0. The Kier molecular flexibility index (Phi) is 6.59. The van der Waals surface area contributed by atoms with Gasteiger partial charge in [-0.25, -0.2) is 5.43 Å². The van der Waals surface area contributed by atoms with Crippen molar-refractivity contribution < 1.29 is 19.7 Å². The van der Waals surface area contributed by atoms with Crippen molar-refractivity contribution >= 4 is 35.3 Å². The van der Waals surface area contributed by atoms with E-state index >= 15 is 0 Å². The molecular weight excluding hydrogens is 415 g/mol. The number of nitrogens with zero attached hydrogens (tertiary/aromatic N) is 1. The molecule has 0 aromatic heterocycles. The summed E-state index contributed by atoms with van der Waals surface area (Å²) >= 11 is 11.9. The number of phenolic OH excluding ortho intramolecular Hbond substituents is 2. The number of rotatable bonds is 6. The molecule has 0 fully saturated rings. The minimum atomic E-state index is -0.651. The number of carbonyl (C=O) groups excluding carboxylic acids is 1. The molecule has 8 heteroatoms. The van der Waals surface area contributed by atoms with Gasteiger partial charge in [0.05, 0.1) is 21.8 Å². The maximum atomic E-state index is 12.0. The van der Waals surface area contributed by atoms with Crippen LogP contribution in [0.3, 0.4) is 0 Å². The Balaban J connectivity index is 1.61. The first-order valence-corrected chi connectivity index (χ1v) is 9.20. The van der Waals surface area contributed by atoms with Crippen LogP contribution < -0.4 is 10.2 Å². The van der Waals surface area contributed by atoms with Crippen molar-refractivity contribution in [3.8, 4) is 17.2 Å². The number of hydrogen-bond acceptors (Lipinski definition) is 5. The summed E-state index contributed by atoms with van der Waals surface area (Å²) in [6, 6.07) is 16.0. The molecular formula is C21H16Cl2N2O4. The lowest BCUT2D eigenvalue weighted by molar-refractivity contribution is 0.0952. The van der Waals surface area contributed by atoms with Crippen LogP contribution in [0.25, 0.3) is 0 Å². The lowest BCUT2D eigenvalue weighted by Crippen LogP contribution is -2.17. The van der Waals surface area contributed by atoms with E-state index in [0.29, 0.717) is 28.0 Å². The number of halogens is 2. The Morgan fingerprint density at radius 1 is 1.03 bits per heavy atom. The van der Waals surface area contributed by atoms with Crippen LogP contribution in [0.2, 0.25) is 10.0 Å². The molecule has 0 aliphatic heterocycles. The second-order valence-electron chi connectivity index (χ2n) is 6.01. The number of aromatic hydroxyl groups is 2. The van der Waals surface area contributed by atoms with Crippen molar-refractivity contribution in [2.45, 2.75) is 6.61 Å². The van der Waals surface area contributed by atoms with Gasteiger partial charge in [-0.3, -0.25) is 4.79 Å². The molecule has 6 nitrogen and oxygen atoms in total. The van der Waals surface area contributed by atoms with E-state index in [4.69, 9.17) is 27.9 Å². The van der Waals surface area contributed by atoms with Crippen LogP contribution in [0.1, 0.15) is 21.5 Å². The van der Waals surface area contributed by atoms with E-state index in [9.17, 15) is 15.0 Å². The topological polar surface area (TPSA) is 91.2 Å². The highest BCUT2D eigenvalue weighted by molar-refractivity contribution is 6.42. The van der Waals surface area contributed by atoms with Crippen molar-refractivity contribution in [3.63, 3.8) is 0 Å². The zero-order chi connectivity index (χ0) is 20.8. The first-order chi connectivity index (χ1) is 13.9. The van der Waals surface area contributed by atoms with Gasteiger partial charge in [0.15, 0.2) is 0 Å². The van der Waals surface area contributed by atoms with Gasteiger partial charge in [0, 0.05) is 0 Å². The number of hydrazone groups is 1. The SMILES string of the molecule is O=C(N/N=C/c1cccc(OCc2ccc(Cl)c(Cl)c2)c1)c1cc(O)ccc1O. The van der Waals surface area contributed by atoms with Crippen molar-refractivity contribution in [2.24, 2.45) is 5.10 Å². The lowest BCUT2D eigenvalue weighted by atomic mass is 10.2. The number of amides is 1. The summed E-state index contributed by atoms with van der Waals surface area (Å²) in [6.45, 7) is 0.311. The predicted molar refractivity (Wildman–Crippen MR) is 112 cm³/mol. The quantitative estimate of drug-likeness (QED) is 0.299. The third-order valence-corrected chi connectivity index (χ3v) is 4.59. The number of benzene rings is 3. The lowest BCUT2D eigenvalue weighted by Gasteiger charge is -2.08. The van der Waals surface area contributed by atoms with Crippen LogP contribution >= 0.6 is 23.2 Å². The predicted octanol–water partition coefficient (Wildman–Crippen LogP) is 4.75. The van der Waals surface area contributed by atoms with Crippen LogP contribution in [0, 0.1) is 0 Å². The molecule has 0 bridgehead atoms. The van der Waals surface area contributed by atoms with Gasteiger partial charge in [0.25, 0.3) is 5.91 Å². The summed E-state index contributed by atoms with van der Waals surface area (Å²) in [5, 5.41) is 23.9. The van der Waals surface area contributed by atoms with Gasteiger partial charge in [-0.1, -0.05) is 41.4 Å². The van der Waals surface area contributed by atoms with Crippen LogP contribution in [-0.4, -0.2) is 22.3 Å². The largest absolute Gasteiger partial charge is 0.508 e. The third-order valence-electron chi connectivity index (χ3n) is 3.85. The van der Waals surface area contributed by atoms with E-state index in [0.717, 1.165) is 11.6 Å². The highest BCUT2D eigenvalue weighted by Gasteiger charge is 2.11. The minimum Gasteiger partial charge on any atom is -0.508 e. The second-order valence-corrected chi connectivity index (χ2v) is 6.82. The Morgan fingerprint density at radius 3 is 2.66 bits per heavy atom. The fraction of sp³-hybridized carbons (Fsp3) is 0.0476. The Bertz CT molecular complexity index is 1070. The molecule has 0 atom stereocenters. The molecule has 29 heavy (non-hydrogen) atoms. The van der Waals surface area contributed by atoms with Gasteiger partial charge in [-0.2, -0.15) is 5.10 Å². The van der Waals surface area contributed by atoms with E-state index in [1.807, 2.05) is 6.07 Å². The van der Waals surface area contributed by atoms with Gasteiger partial charge >= 0.3 is 0 Å². The molecule has 0 unspecified atom stereocenters. The fourth-order valence-corrected chi connectivity index (χ4v) is 2.73. The zero-order valence-corrected chi connectivity index (χ0v) is 16.5. The van der Waals surface area contributed by atoms with Crippen LogP contribution in [-0.2, 0) is 6.61 Å². The van der Waals surface area contributed by atoms with Gasteiger partial charge in [-0.05, 0) is 53.6 Å². The monoisotopic (exact) mass is 430 g/mol. The molecule has 3 aromatic carbocycles. The molecule has 0 saturated carbocycles. The standard InChI is InChI=1S/C21H16Cl2N2O4/c22-18-6-4-14(9-19(18)23)12-29-16-3-1-2-13(8-16)11-24-25-21(28)17-10-15(26)5-7-20(17)27/h1-11,26-27H,12H2,(H,25,28)/b24-11+. The molecule has 0 spiro atoms. The smallest absolute Gasteiger partial charge is 0.275 e. The van der Waals surface area contributed by atoms with Gasteiger partial charge in [0.1, 0.15) is 23.9 Å². The van der Waals surface area contributed by atoms with Crippen molar-refractivity contribution in [2.75, 3.05) is 0 Å². The Labute approximate surface area is 177 Å². The van der Waals surface area contributed by atoms with Gasteiger partial charge < -0.3 is 14.9 Å². The van der Waals surface area contributed by atoms with E-state index in [1.165, 1.54) is 18.3 Å². The summed E-state index contributed by atoms with van der Waals surface area (Å²) in [5.41, 5.74) is 3.78. The molecule has 0 radical (unpaired) electrons. The highest BCUT2D eigenvalue weighted by Crippen LogP contribution is 2.24. The first kappa shape index (κ1) is 20.5. The molecule has 3 aromatic rings. The molecule has 3 N–H and O–H groups in total. The number of carbonyl (C=O) groups is 1. The fourth-order valence-electron chi connectivity index (χ4n) is 2.41. The Hall–Kier alpha value is -3.22. The van der Waals surface area contributed by atoms with Gasteiger partial charge in [0.2, 0.25) is 0 Å². The minimum absolute atomic E-state index is 0.0825. The number of phenols is 2. The van der Waals surface area contributed by atoms with E-state index in [2.05, 4.69) is 10.5 Å². The zero-order valence-electron chi connectivity index (χ0n) is 15.0. The summed E-state index contributed by atoms with van der Waals surface area (Å²) in [6.07, 6.45) is 1.43. The summed E-state index contributed by atoms with van der Waals surface area (Å²) < 4.78 is 5.74. The molecule has 3 rings (SSSR count). The van der Waals surface area contributed by atoms with E-state index < -0.39 is 5.91 Å². The van der Waals surface area contributed by atoms with Crippen LogP contribution in [0.4, 0.5) is 0 Å². The van der Waals surface area contributed by atoms with E-state index in [-0.39, 0.29) is 17.1 Å². The molecule has 148 valence electrons. The van der Waals surface area contributed by atoms with Crippen molar-refractivity contribution in [1.29, 1.82) is 0 Å². The third kappa shape index (κ3) is 5.63. The average Bonchev–Trinajstić information content (AvgIpc) is 2.71. The average molecular weight is 431 g/mol.